The third kappa shape index (κ3) is 4.71. The fraction of sp³-hybridized carbons (Fsp3) is 0.176. The average molecular weight is 398 g/mol. The summed E-state index contributed by atoms with van der Waals surface area (Å²) in [5, 5.41) is 5.60. The minimum absolute atomic E-state index is 0.0363. The number of hydrazone groups is 1. The van der Waals surface area contributed by atoms with Crippen molar-refractivity contribution >= 4 is 46.9 Å². The van der Waals surface area contributed by atoms with Gasteiger partial charge in [-0.15, -0.1) is 0 Å². The Labute approximate surface area is 160 Å². The Balaban J connectivity index is 1.55. The molecule has 2 aromatic rings. The van der Waals surface area contributed by atoms with Crippen LogP contribution in [0.4, 0.5) is 0 Å². The van der Waals surface area contributed by atoms with Gasteiger partial charge in [0.15, 0.2) is 0 Å². The molecule has 2 atom stereocenters. The number of hydrogen-bond acceptors (Lipinski definition) is 4. The Kier molecular flexibility index (Phi) is 5.93. The number of rotatable bonds is 4. The van der Waals surface area contributed by atoms with E-state index in [9.17, 15) is 4.79 Å². The molecule has 8 heteroatoms. The average Bonchev–Trinajstić information content (AvgIpc) is 3.09. The van der Waals surface area contributed by atoms with Crippen molar-refractivity contribution in [3.05, 3.63) is 68.7 Å². The fourth-order valence-corrected chi connectivity index (χ4v) is 2.91. The van der Waals surface area contributed by atoms with Gasteiger partial charge in [0.05, 0.1) is 16.3 Å². The van der Waals surface area contributed by atoms with Crippen molar-refractivity contribution in [3.63, 3.8) is 0 Å². The summed E-state index contributed by atoms with van der Waals surface area (Å²) < 4.78 is 0. The van der Waals surface area contributed by atoms with Crippen molar-refractivity contribution in [2.45, 2.75) is 18.5 Å². The van der Waals surface area contributed by atoms with Crippen molar-refractivity contribution in [1.82, 2.24) is 16.3 Å². The number of amides is 1. The highest BCUT2D eigenvalue weighted by atomic mass is 35.5. The molecule has 1 aliphatic rings. The third-order valence-electron chi connectivity index (χ3n) is 3.82. The predicted molar refractivity (Wildman–Crippen MR) is 101 cm³/mol. The van der Waals surface area contributed by atoms with Crippen LogP contribution in [0.2, 0.25) is 15.1 Å². The highest BCUT2D eigenvalue weighted by Gasteiger charge is 2.30. The zero-order chi connectivity index (χ0) is 17.8. The first-order valence-electron chi connectivity index (χ1n) is 7.57. The minimum atomic E-state index is -0.401. The van der Waals surface area contributed by atoms with Gasteiger partial charge in [0.2, 0.25) is 0 Å². The second kappa shape index (κ2) is 8.17. The van der Waals surface area contributed by atoms with Crippen molar-refractivity contribution in [3.8, 4) is 0 Å². The molecule has 130 valence electrons. The summed E-state index contributed by atoms with van der Waals surface area (Å²) in [5.41, 5.74) is 10.4. The van der Waals surface area contributed by atoms with Crippen molar-refractivity contribution in [2.75, 3.05) is 0 Å². The van der Waals surface area contributed by atoms with Gasteiger partial charge in [-0.2, -0.15) is 5.10 Å². The molecule has 1 amide bonds. The van der Waals surface area contributed by atoms with Gasteiger partial charge in [-0.25, -0.2) is 16.3 Å². The number of benzene rings is 2. The van der Waals surface area contributed by atoms with Crippen LogP contribution in [0, 0.1) is 0 Å². The Morgan fingerprint density at radius 2 is 1.84 bits per heavy atom. The first kappa shape index (κ1) is 18.2. The topological polar surface area (TPSA) is 65.5 Å². The van der Waals surface area contributed by atoms with E-state index in [0.717, 1.165) is 11.1 Å². The fourth-order valence-electron chi connectivity index (χ4n) is 2.47. The molecule has 2 aromatic carbocycles. The summed E-state index contributed by atoms with van der Waals surface area (Å²) in [6.45, 7) is 0. The van der Waals surface area contributed by atoms with Crippen molar-refractivity contribution in [2.24, 2.45) is 5.10 Å². The normalized spacial score (nSPS) is 20.1. The number of hydrazine groups is 1. The number of nitrogens with one attached hydrogen (secondary N) is 3. The Morgan fingerprint density at radius 3 is 2.56 bits per heavy atom. The number of hydrogen-bond donors (Lipinski definition) is 3. The van der Waals surface area contributed by atoms with Gasteiger partial charge < -0.3 is 0 Å². The van der Waals surface area contributed by atoms with Crippen LogP contribution in [0.5, 0.6) is 0 Å². The van der Waals surface area contributed by atoms with E-state index in [2.05, 4.69) is 21.4 Å². The minimum Gasteiger partial charge on any atom is -0.271 e. The maximum absolute atomic E-state index is 12.2. The molecule has 0 aliphatic carbocycles. The lowest BCUT2D eigenvalue weighted by molar-refractivity contribution is -0.122. The number of halogens is 3. The molecule has 3 N–H and O–H groups in total. The van der Waals surface area contributed by atoms with Crippen LogP contribution in [0.15, 0.2) is 47.6 Å². The lowest BCUT2D eigenvalue weighted by atomic mass is 10.0. The maximum atomic E-state index is 12.2. The van der Waals surface area contributed by atoms with E-state index in [1.165, 1.54) is 0 Å². The van der Waals surface area contributed by atoms with Gasteiger partial charge in [-0.05, 0) is 41.8 Å². The lowest BCUT2D eigenvalue weighted by Crippen LogP contribution is -2.41. The molecule has 1 saturated heterocycles. The maximum Gasteiger partial charge on any atom is 0.258 e. The van der Waals surface area contributed by atoms with Gasteiger partial charge in [0, 0.05) is 11.1 Å². The second-order valence-electron chi connectivity index (χ2n) is 5.59. The van der Waals surface area contributed by atoms with Crippen LogP contribution in [-0.2, 0) is 4.79 Å². The molecule has 1 fully saturated rings. The molecular formula is C17H15Cl3N4O. The van der Waals surface area contributed by atoms with E-state index >= 15 is 0 Å². The zero-order valence-corrected chi connectivity index (χ0v) is 15.2. The van der Waals surface area contributed by atoms with E-state index in [0.29, 0.717) is 21.5 Å². The number of nitrogens with zero attached hydrogens (tertiary/aromatic N) is 1. The third-order valence-corrected chi connectivity index (χ3v) is 4.82. The second-order valence-corrected chi connectivity index (χ2v) is 6.84. The van der Waals surface area contributed by atoms with Crippen LogP contribution in [-0.4, -0.2) is 18.2 Å². The first-order valence-corrected chi connectivity index (χ1v) is 8.71. The van der Waals surface area contributed by atoms with Gasteiger partial charge in [0.1, 0.15) is 6.04 Å². The summed E-state index contributed by atoms with van der Waals surface area (Å²) in [4.78, 5) is 12.2. The zero-order valence-electron chi connectivity index (χ0n) is 13.0. The van der Waals surface area contributed by atoms with Gasteiger partial charge in [-0.1, -0.05) is 53.0 Å². The highest BCUT2D eigenvalue weighted by Crippen LogP contribution is 2.28. The first-order chi connectivity index (χ1) is 12.0. The molecule has 0 aromatic heterocycles. The summed E-state index contributed by atoms with van der Waals surface area (Å²) in [5.74, 6) is -0.222. The van der Waals surface area contributed by atoms with E-state index < -0.39 is 6.04 Å². The Bertz CT molecular complexity index is 795. The molecule has 5 nitrogen and oxygen atoms in total. The quantitative estimate of drug-likeness (QED) is 0.544. The SMILES string of the molecule is O=C(N/N=C/c1ccc(Cl)cc1)C1CC(c2ccc(Cl)c(Cl)c2)NN1. The van der Waals surface area contributed by atoms with Crippen LogP contribution in [0.25, 0.3) is 0 Å². The van der Waals surface area contributed by atoms with Crippen molar-refractivity contribution < 1.29 is 4.79 Å². The van der Waals surface area contributed by atoms with Crippen LogP contribution in [0.3, 0.4) is 0 Å². The standard InChI is InChI=1S/C17H15Cl3N4O/c18-12-4-1-10(2-5-12)9-21-24-17(25)16-8-15(22-23-16)11-3-6-13(19)14(20)7-11/h1-7,9,15-16,22-23H,8H2,(H,24,25)/b21-9+. The molecule has 0 saturated carbocycles. The summed E-state index contributed by atoms with van der Waals surface area (Å²) in [6, 6.07) is 12.1. The molecule has 1 aliphatic heterocycles. The molecule has 0 radical (unpaired) electrons. The molecular weight excluding hydrogens is 383 g/mol. The molecule has 3 rings (SSSR count). The van der Waals surface area contributed by atoms with Crippen LogP contribution < -0.4 is 16.3 Å². The Hall–Kier alpha value is -1.63. The molecule has 0 bridgehead atoms. The van der Waals surface area contributed by atoms with E-state index in [4.69, 9.17) is 34.8 Å². The number of carbonyl (C=O) groups is 1. The molecule has 0 spiro atoms. The van der Waals surface area contributed by atoms with Gasteiger partial charge >= 0.3 is 0 Å². The van der Waals surface area contributed by atoms with Crippen molar-refractivity contribution in [1.29, 1.82) is 0 Å². The van der Waals surface area contributed by atoms with E-state index in [1.54, 1.807) is 30.5 Å². The summed E-state index contributed by atoms with van der Waals surface area (Å²) >= 11 is 17.8. The molecule has 2 unspecified atom stereocenters. The largest absolute Gasteiger partial charge is 0.271 e. The monoisotopic (exact) mass is 396 g/mol. The predicted octanol–water partition coefficient (Wildman–Crippen LogP) is 3.70. The lowest BCUT2D eigenvalue weighted by Gasteiger charge is -2.10. The summed E-state index contributed by atoms with van der Waals surface area (Å²) in [6.07, 6.45) is 2.13. The van der Waals surface area contributed by atoms with Crippen LogP contribution >= 0.6 is 34.8 Å². The summed E-state index contributed by atoms with van der Waals surface area (Å²) in [7, 11) is 0. The highest BCUT2D eigenvalue weighted by molar-refractivity contribution is 6.42. The Morgan fingerprint density at radius 1 is 1.08 bits per heavy atom. The van der Waals surface area contributed by atoms with E-state index in [1.807, 2.05) is 18.2 Å². The van der Waals surface area contributed by atoms with Crippen LogP contribution in [0.1, 0.15) is 23.6 Å². The van der Waals surface area contributed by atoms with Gasteiger partial charge in [-0.3, -0.25) is 4.79 Å². The number of carbonyl (C=O) groups excluding carboxylic acids is 1. The van der Waals surface area contributed by atoms with E-state index in [-0.39, 0.29) is 11.9 Å². The van der Waals surface area contributed by atoms with Gasteiger partial charge in [0.25, 0.3) is 5.91 Å². The molecule has 25 heavy (non-hydrogen) atoms. The molecule has 1 heterocycles. The smallest absolute Gasteiger partial charge is 0.258 e.